The third-order valence-corrected chi connectivity index (χ3v) is 7.10. The van der Waals surface area contributed by atoms with Crippen molar-refractivity contribution in [3.05, 3.63) is 48.7 Å². The molecule has 5 N–H and O–H groups in total. The average molecular weight is 517 g/mol. The summed E-state index contributed by atoms with van der Waals surface area (Å²) in [6, 6.07) is 7.96. The summed E-state index contributed by atoms with van der Waals surface area (Å²) in [6.07, 6.45) is 3.33. The van der Waals surface area contributed by atoms with Crippen LogP contribution in [0.25, 0.3) is 10.9 Å². The number of aromatic nitrogens is 1. The second-order valence-corrected chi connectivity index (χ2v) is 9.45. The van der Waals surface area contributed by atoms with Gasteiger partial charge in [-0.05, 0) is 61.1 Å². The maximum Gasteiger partial charge on any atom is 0.336 e. The van der Waals surface area contributed by atoms with Crippen LogP contribution in [0.2, 0.25) is 0 Å². The molecule has 11 nitrogen and oxygen atoms in total. The standard InChI is InChI=1S/C20H24N2O2.C6H8O7/c1-3-13-12-22-9-7-14(13)10-19(22)20(23)16-6-8-21-18-5-4-15(24-2)11-17(16)18;7-3(8)1-6(13,5(11)12)2-4(9)10/h3-6,8,11,13-14,19-20,23H,1,7,9-10,12H2,2H3;13H,1-2H2,(H,7,8)(H,9,10)(H,11,12)/t13?,14?,19-,20+;/m0./s1. The molecule has 3 saturated heterocycles. The Balaban J connectivity index is 0.000000251. The van der Waals surface area contributed by atoms with Crippen molar-refractivity contribution in [3.63, 3.8) is 0 Å². The zero-order valence-electron chi connectivity index (χ0n) is 20.5. The first kappa shape index (κ1) is 28.0. The Morgan fingerprint density at radius 3 is 2.41 bits per heavy atom. The fraction of sp³-hybridized carbons (Fsp3) is 0.462. The molecule has 0 aliphatic carbocycles. The normalized spacial score (nSPS) is 23.4. The molecule has 1 aromatic carbocycles. The number of carboxylic acids is 3. The number of nitrogens with zero attached hydrogens (tertiary/aromatic N) is 2. The molecule has 2 aromatic rings. The second-order valence-electron chi connectivity index (χ2n) is 9.45. The van der Waals surface area contributed by atoms with Crippen LogP contribution in [0, 0.1) is 11.8 Å². The fourth-order valence-corrected chi connectivity index (χ4v) is 5.16. The largest absolute Gasteiger partial charge is 0.497 e. The number of hydrogen-bond acceptors (Lipinski definition) is 8. The second kappa shape index (κ2) is 11.7. The summed E-state index contributed by atoms with van der Waals surface area (Å²) in [7, 11) is 1.66. The van der Waals surface area contributed by atoms with Crippen molar-refractivity contribution in [1.82, 2.24) is 9.88 Å². The number of piperidine rings is 3. The topological polar surface area (TPSA) is 178 Å². The number of pyridine rings is 1. The molecule has 37 heavy (non-hydrogen) atoms. The first-order valence-corrected chi connectivity index (χ1v) is 11.9. The SMILES string of the molecule is C=CC1CN2CCC1C[C@H]2[C@H](O)c1ccnc2ccc(OC)cc12.O=C(O)CC(O)(CC(=O)O)C(=O)O. The van der Waals surface area contributed by atoms with Crippen molar-refractivity contribution >= 4 is 28.8 Å². The number of methoxy groups -OCH3 is 1. The summed E-state index contributed by atoms with van der Waals surface area (Å²) in [6.45, 7) is 6.07. The first-order valence-electron chi connectivity index (χ1n) is 11.9. The van der Waals surface area contributed by atoms with Crippen LogP contribution in [0.3, 0.4) is 0 Å². The number of aliphatic hydroxyl groups excluding tert-OH is 1. The van der Waals surface area contributed by atoms with Crippen LogP contribution in [0.1, 0.15) is 37.4 Å². The summed E-state index contributed by atoms with van der Waals surface area (Å²) in [4.78, 5) is 37.3. The van der Waals surface area contributed by atoms with Gasteiger partial charge in [0, 0.05) is 24.2 Å². The van der Waals surface area contributed by atoms with Crippen molar-refractivity contribution in [2.75, 3.05) is 20.2 Å². The van der Waals surface area contributed by atoms with E-state index < -0.39 is 42.5 Å². The molecule has 200 valence electrons. The van der Waals surface area contributed by atoms with E-state index in [0.717, 1.165) is 41.7 Å². The molecule has 0 radical (unpaired) electrons. The van der Waals surface area contributed by atoms with Crippen LogP contribution in [-0.4, -0.2) is 85.2 Å². The van der Waals surface area contributed by atoms with Gasteiger partial charge in [-0.25, -0.2) is 4.79 Å². The monoisotopic (exact) mass is 516 g/mol. The number of carboxylic acid groups (broad SMARTS) is 3. The molecule has 4 heterocycles. The third kappa shape index (κ3) is 6.43. The number of aliphatic hydroxyl groups is 2. The summed E-state index contributed by atoms with van der Waals surface area (Å²) >= 11 is 0. The minimum atomic E-state index is -2.74. The third-order valence-electron chi connectivity index (χ3n) is 7.10. The van der Waals surface area contributed by atoms with Gasteiger partial charge in [0.2, 0.25) is 0 Å². The average Bonchev–Trinajstić information content (AvgIpc) is 2.87. The van der Waals surface area contributed by atoms with Gasteiger partial charge in [0.15, 0.2) is 5.60 Å². The molecule has 11 heteroatoms. The van der Waals surface area contributed by atoms with E-state index in [9.17, 15) is 19.5 Å². The van der Waals surface area contributed by atoms with E-state index in [1.54, 1.807) is 13.3 Å². The zero-order valence-corrected chi connectivity index (χ0v) is 20.5. The molecule has 3 fully saturated rings. The lowest BCUT2D eigenvalue weighted by Crippen LogP contribution is -2.54. The molecule has 2 bridgehead atoms. The highest BCUT2D eigenvalue weighted by atomic mass is 16.5. The molecule has 5 rings (SSSR count). The molecule has 1 aromatic heterocycles. The highest BCUT2D eigenvalue weighted by Gasteiger charge is 2.42. The summed E-state index contributed by atoms with van der Waals surface area (Å²) < 4.78 is 5.35. The van der Waals surface area contributed by atoms with Gasteiger partial charge in [0.1, 0.15) is 5.75 Å². The molecular weight excluding hydrogens is 484 g/mol. The summed E-state index contributed by atoms with van der Waals surface area (Å²) in [5, 5.41) is 45.9. The van der Waals surface area contributed by atoms with E-state index >= 15 is 0 Å². The summed E-state index contributed by atoms with van der Waals surface area (Å²) in [5.41, 5.74) is -0.892. The number of ether oxygens (including phenoxy) is 1. The Bertz CT molecular complexity index is 1150. The Kier molecular flexibility index (Phi) is 8.85. The Labute approximate surface area is 213 Å². The van der Waals surface area contributed by atoms with Gasteiger partial charge in [-0.3, -0.25) is 19.5 Å². The van der Waals surface area contributed by atoms with Crippen molar-refractivity contribution in [3.8, 4) is 5.75 Å². The number of aliphatic carboxylic acids is 3. The van der Waals surface area contributed by atoms with E-state index in [2.05, 4.69) is 22.5 Å². The van der Waals surface area contributed by atoms with Gasteiger partial charge in [0.05, 0.1) is 31.6 Å². The molecule has 0 spiro atoms. The lowest BCUT2D eigenvalue weighted by atomic mass is 9.73. The molecule has 0 amide bonds. The lowest BCUT2D eigenvalue weighted by Gasteiger charge is -2.50. The quantitative estimate of drug-likeness (QED) is 0.308. The van der Waals surface area contributed by atoms with Crippen molar-refractivity contribution in [2.24, 2.45) is 11.8 Å². The molecule has 3 aliphatic heterocycles. The van der Waals surface area contributed by atoms with E-state index in [1.165, 1.54) is 6.42 Å². The predicted octanol–water partition coefficient (Wildman–Crippen LogP) is 1.92. The number of carbonyl (C=O) groups is 3. The molecule has 0 saturated carbocycles. The van der Waals surface area contributed by atoms with Crippen molar-refractivity contribution in [2.45, 2.75) is 43.4 Å². The maximum absolute atomic E-state index is 11.2. The van der Waals surface area contributed by atoms with Crippen LogP contribution < -0.4 is 4.74 Å². The number of hydrogen-bond donors (Lipinski definition) is 5. The van der Waals surface area contributed by atoms with E-state index in [4.69, 9.17) is 25.2 Å². The summed E-state index contributed by atoms with van der Waals surface area (Å²) in [5.74, 6) is -3.01. The Morgan fingerprint density at radius 2 is 1.89 bits per heavy atom. The molecular formula is C26H32N2O9. The molecule has 5 atom stereocenters. The van der Waals surface area contributed by atoms with Crippen LogP contribution in [0.15, 0.2) is 43.1 Å². The van der Waals surface area contributed by atoms with Gasteiger partial charge in [-0.15, -0.1) is 6.58 Å². The number of rotatable bonds is 9. The Morgan fingerprint density at radius 1 is 1.22 bits per heavy atom. The highest BCUT2D eigenvalue weighted by Crippen LogP contribution is 2.42. The van der Waals surface area contributed by atoms with Crippen LogP contribution in [0.5, 0.6) is 5.75 Å². The fourth-order valence-electron chi connectivity index (χ4n) is 5.16. The molecule has 3 aliphatic rings. The Hall–Kier alpha value is -3.54. The number of benzene rings is 1. The van der Waals surface area contributed by atoms with Gasteiger partial charge in [-0.2, -0.15) is 0 Å². The number of fused-ring (bicyclic) bond motifs is 4. The predicted molar refractivity (Wildman–Crippen MR) is 132 cm³/mol. The van der Waals surface area contributed by atoms with Crippen LogP contribution in [-0.2, 0) is 14.4 Å². The van der Waals surface area contributed by atoms with Gasteiger partial charge >= 0.3 is 17.9 Å². The van der Waals surface area contributed by atoms with Crippen molar-refractivity contribution < 1.29 is 44.7 Å². The zero-order chi connectivity index (χ0) is 27.3. The smallest absolute Gasteiger partial charge is 0.336 e. The first-order chi connectivity index (χ1) is 17.5. The van der Waals surface area contributed by atoms with E-state index in [0.29, 0.717) is 11.8 Å². The van der Waals surface area contributed by atoms with Gasteiger partial charge in [0.25, 0.3) is 0 Å². The van der Waals surface area contributed by atoms with Crippen LogP contribution in [0.4, 0.5) is 0 Å². The maximum atomic E-state index is 11.2. The van der Waals surface area contributed by atoms with Crippen LogP contribution >= 0.6 is 0 Å². The highest BCUT2D eigenvalue weighted by molar-refractivity contribution is 5.88. The molecule has 3 unspecified atom stereocenters. The minimum Gasteiger partial charge on any atom is -0.497 e. The van der Waals surface area contributed by atoms with E-state index in [-0.39, 0.29) is 6.04 Å². The minimum absolute atomic E-state index is 0.178. The van der Waals surface area contributed by atoms with Gasteiger partial charge < -0.3 is 30.3 Å². The van der Waals surface area contributed by atoms with E-state index in [1.807, 2.05) is 24.3 Å². The van der Waals surface area contributed by atoms with Crippen molar-refractivity contribution in [1.29, 1.82) is 0 Å². The van der Waals surface area contributed by atoms with Gasteiger partial charge in [-0.1, -0.05) is 6.08 Å². The lowest BCUT2D eigenvalue weighted by molar-refractivity contribution is -0.170.